The summed E-state index contributed by atoms with van der Waals surface area (Å²) in [5, 5.41) is 13.8. The molecule has 4 aromatic rings. The van der Waals surface area contributed by atoms with Gasteiger partial charge in [0.2, 0.25) is 5.91 Å². The van der Waals surface area contributed by atoms with Crippen LogP contribution in [0.2, 0.25) is 0 Å². The van der Waals surface area contributed by atoms with Crippen molar-refractivity contribution in [3.8, 4) is 5.75 Å². The molecular weight excluding hydrogens is 416 g/mol. The fourth-order valence-electron chi connectivity index (χ4n) is 3.86. The average Bonchev–Trinajstić information content (AvgIpc) is 2.85. The van der Waals surface area contributed by atoms with Gasteiger partial charge in [-0.2, -0.15) is 0 Å². The highest BCUT2D eigenvalue weighted by atomic mass is 16.5. The van der Waals surface area contributed by atoms with Crippen LogP contribution in [0.25, 0.3) is 10.8 Å². The highest BCUT2D eigenvalue weighted by Crippen LogP contribution is 2.29. The van der Waals surface area contributed by atoms with Crippen LogP contribution in [0.5, 0.6) is 5.75 Å². The maximum atomic E-state index is 12.9. The molecule has 0 radical (unpaired) electrons. The maximum Gasteiger partial charge on any atom is 0.341 e. The third kappa shape index (κ3) is 5.54. The molecule has 1 heterocycles. The summed E-state index contributed by atoms with van der Waals surface area (Å²) in [6.45, 7) is -0.402. The van der Waals surface area contributed by atoms with Crippen LogP contribution in [0, 0.1) is 0 Å². The van der Waals surface area contributed by atoms with Crippen molar-refractivity contribution < 1.29 is 19.4 Å². The molecule has 1 atom stereocenters. The number of nitrogens with one attached hydrogen (secondary N) is 1. The number of rotatable bonds is 9. The topological polar surface area (TPSA) is 88.5 Å². The Morgan fingerprint density at radius 1 is 0.879 bits per heavy atom. The fraction of sp³-hybridized carbons (Fsp3) is 0.148. The summed E-state index contributed by atoms with van der Waals surface area (Å²) in [4.78, 5) is 28.0. The molecule has 166 valence electrons. The SMILES string of the molecule is O=C(O)COc1cccc2c(CCC(=O)NC(c3ccccc3)c3cccnc3)cccc12. The van der Waals surface area contributed by atoms with E-state index in [1.165, 1.54) is 0 Å². The number of carbonyl (C=O) groups is 2. The van der Waals surface area contributed by atoms with E-state index in [1.54, 1.807) is 18.5 Å². The summed E-state index contributed by atoms with van der Waals surface area (Å²) >= 11 is 0. The van der Waals surface area contributed by atoms with E-state index in [0.717, 1.165) is 27.5 Å². The number of aromatic nitrogens is 1. The van der Waals surface area contributed by atoms with Crippen LogP contribution in [-0.4, -0.2) is 28.6 Å². The van der Waals surface area contributed by atoms with Crippen molar-refractivity contribution in [3.63, 3.8) is 0 Å². The Hall–Kier alpha value is -4.19. The molecule has 0 aliphatic carbocycles. The lowest BCUT2D eigenvalue weighted by Crippen LogP contribution is -2.29. The lowest BCUT2D eigenvalue weighted by Gasteiger charge is -2.19. The first-order valence-corrected chi connectivity index (χ1v) is 10.7. The molecule has 3 aromatic carbocycles. The van der Waals surface area contributed by atoms with Gasteiger partial charge < -0.3 is 15.2 Å². The van der Waals surface area contributed by atoms with E-state index in [4.69, 9.17) is 9.84 Å². The Labute approximate surface area is 191 Å². The van der Waals surface area contributed by atoms with Gasteiger partial charge >= 0.3 is 5.97 Å². The summed E-state index contributed by atoms with van der Waals surface area (Å²) in [6, 6.07) is 24.7. The predicted octanol–water partition coefficient (Wildman–Crippen LogP) is 4.54. The lowest BCUT2D eigenvalue weighted by atomic mass is 9.98. The van der Waals surface area contributed by atoms with Gasteiger partial charge in [-0.05, 0) is 40.6 Å². The van der Waals surface area contributed by atoms with E-state index in [0.29, 0.717) is 18.6 Å². The van der Waals surface area contributed by atoms with Gasteiger partial charge in [-0.15, -0.1) is 0 Å². The van der Waals surface area contributed by atoms with Gasteiger partial charge in [-0.1, -0.05) is 66.7 Å². The van der Waals surface area contributed by atoms with E-state index in [1.807, 2.05) is 72.8 Å². The van der Waals surface area contributed by atoms with Crippen LogP contribution >= 0.6 is 0 Å². The number of hydrogen-bond acceptors (Lipinski definition) is 4. The van der Waals surface area contributed by atoms with Gasteiger partial charge in [-0.25, -0.2) is 4.79 Å². The molecule has 0 aliphatic rings. The zero-order valence-electron chi connectivity index (χ0n) is 18.0. The minimum Gasteiger partial charge on any atom is -0.481 e. The second-order valence-corrected chi connectivity index (χ2v) is 7.65. The number of carbonyl (C=O) groups excluding carboxylic acids is 1. The zero-order valence-corrected chi connectivity index (χ0v) is 18.0. The van der Waals surface area contributed by atoms with Gasteiger partial charge in [-0.3, -0.25) is 9.78 Å². The Bertz CT molecular complexity index is 1200. The number of carboxylic acid groups (broad SMARTS) is 1. The summed E-state index contributed by atoms with van der Waals surface area (Å²) in [6.07, 6.45) is 4.33. The third-order valence-corrected chi connectivity index (χ3v) is 5.40. The van der Waals surface area contributed by atoms with E-state index in [-0.39, 0.29) is 11.9 Å². The number of nitrogens with zero attached hydrogens (tertiary/aromatic N) is 1. The molecule has 1 amide bonds. The van der Waals surface area contributed by atoms with Crippen molar-refractivity contribution in [2.75, 3.05) is 6.61 Å². The van der Waals surface area contributed by atoms with Gasteiger partial charge in [0.15, 0.2) is 6.61 Å². The molecule has 1 aromatic heterocycles. The molecule has 6 heteroatoms. The molecule has 33 heavy (non-hydrogen) atoms. The first-order chi connectivity index (χ1) is 16.1. The number of fused-ring (bicyclic) bond motifs is 1. The molecule has 1 unspecified atom stereocenters. The fourth-order valence-corrected chi connectivity index (χ4v) is 3.86. The summed E-state index contributed by atoms with van der Waals surface area (Å²) < 4.78 is 5.43. The van der Waals surface area contributed by atoms with Gasteiger partial charge in [0.05, 0.1) is 6.04 Å². The van der Waals surface area contributed by atoms with Gasteiger partial charge in [0.25, 0.3) is 0 Å². The van der Waals surface area contributed by atoms with Crippen LogP contribution in [-0.2, 0) is 16.0 Å². The minimum absolute atomic E-state index is 0.0667. The summed E-state index contributed by atoms with van der Waals surface area (Å²) in [7, 11) is 0. The molecule has 6 nitrogen and oxygen atoms in total. The van der Waals surface area contributed by atoms with Crippen molar-refractivity contribution >= 4 is 22.6 Å². The van der Waals surface area contributed by atoms with Crippen LogP contribution in [0.15, 0.2) is 91.3 Å². The first kappa shape index (κ1) is 22.0. The van der Waals surface area contributed by atoms with E-state index in [9.17, 15) is 9.59 Å². The van der Waals surface area contributed by atoms with Crippen molar-refractivity contribution in [1.29, 1.82) is 0 Å². The Morgan fingerprint density at radius 3 is 2.39 bits per heavy atom. The van der Waals surface area contributed by atoms with Gasteiger partial charge in [0.1, 0.15) is 5.75 Å². The number of aliphatic carboxylic acids is 1. The maximum absolute atomic E-state index is 12.9. The number of carboxylic acids is 1. The molecule has 0 saturated heterocycles. The quantitative estimate of drug-likeness (QED) is 0.399. The minimum atomic E-state index is -1.03. The monoisotopic (exact) mass is 440 g/mol. The van der Waals surface area contributed by atoms with Crippen LogP contribution < -0.4 is 10.1 Å². The largest absolute Gasteiger partial charge is 0.481 e. The molecule has 0 saturated carbocycles. The highest BCUT2D eigenvalue weighted by molar-refractivity contribution is 5.91. The predicted molar refractivity (Wildman–Crippen MR) is 126 cm³/mol. The second kappa shape index (κ2) is 10.4. The smallest absolute Gasteiger partial charge is 0.341 e. The molecule has 0 spiro atoms. The second-order valence-electron chi connectivity index (χ2n) is 7.65. The highest BCUT2D eigenvalue weighted by Gasteiger charge is 2.17. The average molecular weight is 440 g/mol. The Kier molecular flexibility index (Phi) is 6.95. The number of ether oxygens (including phenoxy) is 1. The number of amides is 1. The van der Waals surface area contributed by atoms with Crippen molar-refractivity contribution in [2.24, 2.45) is 0 Å². The third-order valence-electron chi connectivity index (χ3n) is 5.40. The molecular formula is C27H24N2O4. The normalized spacial score (nSPS) is 11.6. The lowest BCUT2D eigenvalue weighted by molar-refractivity contribution is -0.139. The number of pyridine rings is 1. The zero-order chi connectivity index (χ0) is 23.0. The molecule has 0 aliphatic heterocycles. The van der Waals surface area contributed by atoms with Crippen LogP contribution in [0.4, 0.5) is 0 Å². The van der Waals surface area contributed by atoms with E-state index >= 15 is 0 Å². The van der Waals surface area contributed by atoms with Crippen LogP contribution in [0.3, 0.4) is 0 Å². The summed E-state index contributed by atoms with van der Waals surface area (Å²) in [5.41, 5.74) is 2.91. The number of hydrogen-bond donors (Lipinski definition) is 2. The molecule has 2 N–H and O–H groups in total. The van der Waals surface area contributed by atoms with Crippen molar-refractivity contribution in [3.05, 3.63) is 108 Å². The van der Waals surface area contributed by atoms with E-state index in [2.05, 4.69) is 10.3 Å². The molecule has 4 rings (SSSR count). The van der Waals surface area contributed by atoms with Crippen molar-refractivity contribution in [2.45, 2.75) is 18.9 Å². The Balaban J connectivity index is 1.50. The number of benzene rings is 3. The van der Waals surface area contributed by atoms with Gasteiger partial charge in [0, 0.05) is 24.2 Å². The Morgan fingerprint density at radius 2 is 1.64 bits per heavy atom. The van der Waals surface area contributed by atoms with Crippen LogP contribution in [0.1, 0.15) is 29.2 Å². The molecule has 0 bridgehead atoms. The summed E-state index contributed by atoms with van der Waals surface area (Å²) in [5.74, 6) is -0.577. The van der Waals surface area contributed by atoms with Crippen molar-refractivity contribution in [1.82, 2.24) is 10.3 Å². The molecule has 0 fully saturated rings. The van der Waals surface area contributed by atoms with E-state index < -0.39 is 12.6 Å². The standard InChI is InChI=1S/C27H24N2O4/c30-25(29-27(20-7-2-1-3-8-20)21-10-6-16-28-17-21)15-14-19-9-4-12-23-22(19)11-5-13-24(23)33-18-26(31)32/h1-13,16-17,27H,14-15,18H2,(H,29,30)(H,31,32). The number of aryl methyl sites for hydroxylation is 1. The first-order valence-electron chi connectivity index (χ1n) is 10.7.